The maximum Gasteiger partial charge on any atom is 0.0708 e. The molecule has 0 radical (unpaired) electrons. The molecule has 1 aromatic heterocycles. The van der Waals surface area contributed by atoms with Gasteiger partial charge in [0, 0.05) is 16.6 Å². The lowest BCUT2D eigenvalue weighted by Gasteiger charge is -2.17. The van der Waals surface area contributed by atoms with Gasteiger partial charge in [0.1, 0.15) is 0 Å². The van der Waals surface area contributed by atoms with Crippen LogP contribution in [-0.2, 0) is 5.54 Å². The molecule has 0 saturated heterocycles. The molecule has 0 aliphatic heterocycles. The summed E-state index contributed by atoms with van der Waals surface area (Å²) >= 11 is 0. The Morgan fingerprint density at radius 1 is 1.25 bits per heavy atom. The Hall–Kier alpha value is -1.41. The molecule has 1 aliphatic carbocycles. The monoisotopic (exact) mass is 212 g/mol. The molecular weight excluding hydrogens is 196 g/mol. The summed E-state index contributed by atoms with van der Waals surface area (Å²) < 4.78 is 0. The van der Waals surface area contributed by atoms with Crippen molar-refractivity contribution in [3.8, 4) is 0 Å². The smallest absolute Gasteiger partial charge is 0.0708 e. The van der Waals surface area contributed by atoms with Gasteiger partial charge in [0.15, 0.2) is 0 Å². The van der Waals surface area contributed by atoms with Crippen molar-refractivity contribution in [1.29, 1.82) is 0 Å². The van der Waals surface area contributed by atoms with Crippen LogP contribution in [0.4, 0.5) is 0 Å². The van der Waals surface area contributed by atoms with E-state index in [-0.39, 0.29) is 5.54 Å². The minimum atomic E-state index is 0.216. The third-order valence-electron chi connectivity index (χ3n) is 3.59. The van der Waals surface area contributed by atoms with Crippen LogP contribution in [0.1, 0.15) is 24.1 Å². The fraction of sp³-hybridized carbons (Fsp3) is 0.357. The molecule has 0 unspecified atom stereocenters. The van der Waals surface area contributed by atoms with Gasteiger partial charge >= 0.3 is 0 Å². The molecule has 16 heavy (non-hydrogen) atoms. The molecule has 3 rings (SSSR count). The summed E-state index contributed by atoms with van der Waals surface area (Å²) in [7, 11) is 2.05. The number of nitrogens with zero attached hydrogens (tertiary/aromatic N) is 1. The fourth-order valence-corrected chi connectivity index (χ4v) is 2.48. The number of aromatic nitrogens is 1. The van der Waals surface area contributed by atoms with E-state index in [1.807, 2.05) is 0 Å². The van der Waals surface area contributed by atoms with E-state index in [1.54, 1.807) is 0 Å². The second kappa shape index (κ2) is 3.29. The molecule has 1 aromatic carbocycles. The van der Waals surface area contributed by atoms with E-state index in [9.17, 15) is 0 Å². The lowest BCUT2D eigenvalue weighted by Crippen LogP contribution is -2.25. The summed E-state index contributed by atoms with van der Waals surface area (Å²) in [5.74, 6) is 0. The number of hydrogen-bond acceptors (Lipinski definition) is 2. The molecule has 1 fully saturated rings. The number of nitrogens with one attached hydrogen (secondary N) is 1. The Kier molecular flexibility index (Phi) is 2.01. The van der Waals surface area contributed by atoms with E-state index in [0.717, 1.165) is 11.2 Å². The third kappa shape index (κ3) is 1.34. The van der Waals surface area contributed by atoms with Gasteiger partial charge in [-0.25, -0.2) is 0 Å². The Morgan fingerprint density at radius 3 is 2.69 bits per heavy atom. The van der Waals surface area contributed by atoms with E-state index in [1.165, 1.54) is 23.8 Å². The summed E-state index contributed by atoms with van der Waals surface area (Å²) in [6, 6.07) is 10.6. The summed E-state index contributed by atoms with van der Waals surface area (Å²) in [5.41, 5.74) is 3.85. The maximum atomic E-state index is 4.58. The minimum absolute atomic E-state index is 0.216. The van der Waals surface area contributed by atoms with Crippen molar-refractivity contribution in [3.63, 3.8) is 0 Å². The highest BCUT2D eigenvalue weighted by Crippen LogP contribution is 2.47. The van der Waals surface area contributed by atoms with Crippen LogP contribution in [0, 0.1) is 6.92 Å². The van der Waals surface area contributed by atoms with Crippen molar-refractivity contribution < 1.29 is 0 Å². The van der Waals surface area contributed by atoms with Crippen LogP contribution in [-0.4, -0.2) is 12.0 Å². The van der Waals surface area contributed by atoms with Gasteiger partial charge in [-0.05, 0) is 44.5 Å². The number of rotatable bonds is 2. The highest BCUT2D eigenvalue weighted by molar-refractivity contribution is 5.83. The third-order valence-corrected chi connectivity index (χ3v) is 3.59. The van der Waals surface area contributed by atoms with Crippen LogP contribution < -0.4 is 5.32 Å². The summed E-state index contributed by atoms with van der Waals surface area (Å²) in [5, 5.41) is 4.75. The molecule has 1 heterocycles. The normalized spacial score (nSPS) is 17.6. The summed E-state index contributed by atoms with van der Waals surface area (Å²) in [6.45, 7) is 2.07. The van der Waals surface area contributed by atoms with Crippen LogP contribution in [0.2, 0.25) is 0 Å². The van der Waals surface area contributed by atoms with Crippen LogP contribution in [0.3, 0.4) is 0 Å². The molecule has 0 spiro atoms. The SMILES string of the molecule is CNC1(c2cc(C)nc3ccccc23)CC1. The predicted molar refractivity (Wildman–Crippen MR) is 66.5 cm³/mol. The van der Waals surface area contributed by atoms with Gasteiger partial charge in [-0.3, -0.25) is 4.98 Å². The lowest BCUT2D eigenvalue weighted by atomic mass is 9.99. The van der Waals surface area contributed by atoms with Gasteiger partial charge in [-0.15, -0.1) is 0 Å². The van der Waals surface area contributed by atoms with E-state index >= 15 is 0 Å². The number of fused-ring (bicyclic) bond motifs is 1. The van der Waals surface area contributed by atoms with Crippen molar-refractivity contribution >= 4 is 10.9 Å². The zero-order valence-corrected chi connectivity index (χ0v) is 9.75. The van der Waals surface area contributed by atoms with Crippen molar-refractivity contribution in [2.75, 3.05) is 7.05 Å². The second-order valence-electron chi connectivity index (χ2n) is 4.66. The fourth-order valence-electron chi connectivity index (χ4n) is 2.48. The first-order valence-corrected chi connectivity index (χ1v) is 5.81. The van der Waals surface area contributed by atoms with Crippen molar-refractivity contribution in [3.05, 3.63) is 41.6 Å². The molecule has 82 valence electrons. The maximum absolute atomic E-state index is 4.58. The largest absolute Gasteiger partial charge is 0.310 e. The molecule has 0 bridgehead atoms. The highest BCUT2D eigenvalue weighted by Gasteiger charge is 2.43. The van der Waals surface area contributed by atoms with E-state index in [4.69, 9.17) is 0 Å². The first kappa shape index (κ1) is 9.79. The number of hydrogen-bond donors (Lipinski definition) is 1. The molecule has 1 saturated carbocycles. The molecule has 1 N–H and O–H groups in total. The van der Waals surface area contributed by atoms with Crippen LogP contribution >= 0.6 is 0 Å². The van der Waals surface area contributed by atoms with Gasteiger partial charge in [-0.2, -0.15) is 0 Å². The first-order valence-electron chi connectivity index (χ1n) is 5.81. The zero-order chi connectivity index (χ0) is 11.2. The predicted octanol–water partition coefficient (Wildman–Crippen LogP) is 2.75. The first-order chi connectivity index (χ1) is 7.75. The summed E-state index contributed by atoms with van der Waals surface area (Å²) in [4.78, 5) is 4.58. The van der Waals surface area contributed by atoms with Crippen molar-refractivity contribution in [2.24, 2.45) is 0 Å². The number of aryl methyl sites for hydroxylation is 1. The zero-order valence-electron chi connectivity index (χ0n) is 9.75. The standard InChI is InChI=1S/C14H16N2/c1-10-9-12(14(15-2)7-8-14)11-5-3-4-6-13(11)16-10/h3-6,9,15H,7-8H2,1-2H3. The quantitative estimate of drug-likeness (QED) is 0.828. The molecule has 0 amide bonds. The van der Waals surface area contributed by atoms with Gasteiger partial charge in [-0.1, -0.05) is 18.2 Å². The van der Waals surface area contributed by atoms with Crippen LogP contribution in [0.25, 0.3) is 10.9 Å². The van der Waals surface area contributed by atoms with Crippen molar-refractivity contribution in [2.45, 2.75) is 25.3 Å². The average molecular weight is 212 g/mol. The summed E-state index contributed by atoms with van der Waals surface area (Å²) in [6.07, 6.45) is 2.47. The van der Waals surface area contributed by atoms with Crippen LogP contribution in [0.15, 0.2) is 30.3 Å². The molecule has 1 aliphatic rings. The number of pyridine rings is 1. The molecule has 0 atom stereocenters. The van der Waals surface area contributed by atoms with Gasteiger partial charge in [0.25, 0.3) is 0 Å². The van der Waals surface area contributed by atoms with Crippen LogP contribution in [0.5, 0.6) is 0 Å². The van der Waals surface area contributed by atoms with Gasteiger partial charge < -0.3 is 5.32 Å². The highest BCUT2D eigenvalue weighted by atomic mass is 15.0. The Morgan fingerprint density at radius 2 is 2.00 bits per heavy atom. The van der Waals surface area contributed by atoms with E-state index < -0.39 is 0 Å². The average Bonchev–Trinajstić information content (AvgIpc) is 3.08. The number of benzene rings is 1. The molecule has 2 aromatic rings. The van der Waals surface area contributed by atoms with Gasteiger partial charge in [0.05, 0.1) is 5.52 Å². The Bertz CT molecular complexity index is 541. The Labute approximate surface area is 95.7 Å². The molecule has 2 heteroatoms. The molecule has 2 nitrogen and oxygen atoms in total. The van der Waals surface area contributed by atoms with Gasteiger partial charge in [0.2, 0.25) is 0 Å². The number of para-hydroxylation sites is 1. The van der Waals surface area contributed by atoms with E-state index in [0.29, 0.717) is 0 Å². The Balaban J connectivity index is 2.30. The molecular formula is C14H16N2. The second-order valence-corrected chi connectivity index (χ2v) is 4.66. The minimum Gasteiger partial charge on any atom is -0.310 e. The van der Waals surface area contributed by atoms with Crippen molar-refractivity contribution in [1.82, 2.24) is 10.3 Å². The topological polar surface area (TPSA) is 24.9 Å². The van der Waals surface area contributed by atoms with E-state index in [2.05, 4.69) is 54.6 Å². The lowest BCUT2D eigenvalue weighted by molar-refractivity contribution is 0.589.